The van der Waals surface area contributed by atoms with E-state index >= 15 is 0 Å². The van der Waals surface area contributed by atoms with Crippen LogP contribution in [-0.2, 0) is 0 Å². The second-order valence-electron chi connectivity index (χ2n) is 1.17. The molecule has 0 aliphatic carbocycles. The van der Waals surface area contributed by atoms with Crippen LogP contribution in [-0.4, -0.2) is 19.1 Å². The number of rotatable bonds is 1. The van der Waals surface area contributed by atoms with Gasteiger partial charge in [-0.15, -0.1) is 0 Å². The second kappa shape index (κ2) is 2.41. The molecule has 0 radical (unpaired) electrons. The molecule has 1 heteroatoms. The zero-order chi connectivity index (χ0) is 4.28. The van der Waals surface area contributed by atoms with Crippen molar-refractivity contribution in [3.63, 3.8) is 0 Å². The maximum atomic E-state index is 3.82. The van der Waals surface area contributed by atoms with E-state index in [1.165, 1.54) is 6.16 Å². The lowest BCUT2D eigenvalue weighted by Gasteiger charge is -1.65. The van der Waals surface area contributed by atoms with E-state index in [9.17, 15) is 0 Å². The fraction of sp³-hybridized carbons (Fsp3) is 0.750. The van der Waals surface area contributed by atoms with Crippen molar-refractivity contribution in [3.8, 4) is 0 Å². The van der Waals surface area contributed by atoms with E-state index in [2.05, 4.69) is 19.9 Å². The van der Waals surface area contributed by atoms with E-state index in [0.29, 0.717) is 0 Å². The summed E-state index contributed by atoms with van der Waals surface area (Å²) in [6.45, 7) is 4.34. The van der Waals surface area contributed by atoms with Crippen LogP contribution in [0.2, 0.25) is 0 Å². The molecule has 0 aliphatic rings. The van der Waals surface area contributed by atoms with Gasteiger partial charge in [0.1, 0.15) is 6.16 Å². The Balaban J connectivity index is 0. The Bertz CT molecular complexity index is 42.8. The molecule has 5 heavy (non-hydrogen) atoms. The first-order valence-corrected chi connectivity index (χ1v) is 3.95. The Hall–Kier alpha value is 0.170. The molecule has 1 atom stereocenters. The van der Waals surface area contributed by atoms with Crippen LogP contribution < -0.4 is 0 Å². The van der Waals surface area contributed by atoms with Crippen LogP contribution in [0.3, 0.4) is 0 Å². The monoisotopic (exact) mass is 91.1 g/mol. The van der Waals surface area contributed by atoms with Crippen molar-refractivity contribution in [1.82, 2.24) is 0 Å². The normalized spacial score (nSPS) is 11.2. The average molecular weight is 91.1 g/mol. The maximum Gasteiger partial charge on any atom is 0.103 e. The van der Waals surface area contributed by atoms with Gasteiger partial charge in [-0.05, 0) is 6.92 Å². The zero-order valence-corrected chi connectivity index (χ0v) is 4.76. The van der Waals surface area contributed by atoms with Crippen molar-refractivity contribution in [2.75, 3.05) is 12.8 Å². The van der Waals surface area contributed by atoms with Gasteiger partial charge in [0, 0.05) is 1.43 Å². The fourth-order valence-corrected chi connectivity index (χ4v) is 0. The highest BCUT2D eigenvalue weighted by atomic mass is 31.1. The first-order valence-electron chi connectivity index (χ1n) is 1.79. The molecule has 1 unspecified atom stereocenters. The van der Waals surface area contributed by atoms with E-state index in [1.807, 2.05) is 0 Å². The van der Waals surface area contributed by atoms with Crippen molar-refractivity contribution < 1.29 is 1.43 Å². The third-order valence-electron chi connectivity index (χ3n) is 0.540. The topological polar surface area (TPSA) is 0 Å². The van der Waals surface area contributed by atoms with Gasteiger partial charge in [-0.3, -0.25) is 0 Å². The van der Waals surface area contributed by atoms with Gasteiger partial charge in [-0.25, -0.2) is 0 Å². The largest absolute Gasteiger partial charge is 0.103 e. The Morgan fingerprint density at radius 3 is 2.20 bits per heavy atom. The quantitative estimate of drug-likeness (QED) is 0.431. The predicted octanol–water partition coefficient (Wildman–Crippen LogP) is 1.80. The van der Waals surface area contributed by atoms with Gasteiger partial charge in [-0.2, -0.15) is 0 Å². The van der Waals surface area contributed by atoms with Gasteiger partial charge in [0.2, 0.25) is 0 Å². The summed E-state index contributed by atoms with van der Waals surface area (Å²) < 4.78 is 0. The molecule has 0 heterocycles. The molecule has 0 spiro atoms. The second-order valence-corrected chi connectivity index (χ2v) is 3.52. The summed E-state index contributed by atoms with van der Waals surface area (Å²) in [5.74, 6) is 0. The standard InChI is InChI=1S/C4H10P.H2/c1-4-5(2)3;/h2,4H2,1,3H3;1H/q+1;. The van der Waals surface area contributed by atoms with Gasteiger partial charge >= 0.3 is 0 Å². The Kier molecular flexibility index (Phi) is 2.49. The third kappa shape index (κ3) is 4.17. The highest BCUT2D eigenvalue weighted by molar-refractivity contribution is 7.54. The minimum Gasteiger partial charge on any atom is -0.0243 e. The van der Waals surface area contributed by atoms with E-state index < -0.39 is 0 Å². The van der Waals surface area contributed by atoms with Crippen molar-refractivity contribution in [1.29, 1.82) is 0 Å². The molecule has 0 aliphatic heterocycles. The summed E-state index contributed by atoms with van der Waals surface area (Å²) in [7, 11) is 0.152. The highest BCUT2D eigenvalue weighted by Gasteiger charge is 1.81. The van der Waals surface area contributed by atoms with Gasteiger partial charge in [0.05, 0.1) is 20.5 Å². The lowest BCUT2D eigenvalue weighted by molar-refractivity contribution is 1.52. The van der Waals surface area contributed by atoms with Gasteiger partial charge in [0.25, 0.3) is 0 Å². The molecule has 0 saturated carbocycles. The van der Waals surface area contributed by atoms with E-state index in [4.69, 9.17) is 0 Å². The molecular weight excluding hydrogens is 79.0 g/mol. The maximum absolute atomic E-state index is 3.82. The van der Waals surface area contributed by atoms with Crippen molar-refractivity contribution in [2.24, 2.45) is 0 Å². The summed E-state index contributed by atoms with van der Waals surface area (Å²) in [6.07, 6.45) is 5.08. The van der Waals surface area contributed by atoms with Crippen LogP contribution >= 0.6 is 7.55 Å². The Morgan fingerprint density at radius 2 is 2.20 bits per heavy atom. The average Bonchev–Trinajstić information content (AvgIpc) is 1.38. The highest BCUT2D eigenvalue weighted by Crippen LogP contribution is 2.08. The van der Waals surface area contributed by atoms with Crippen LogP contribution in [0.4, 0.5) is 0 Å². The molecule has 0 fully saturated rings. The van der Waals surface area contributed by atoms with Crippen molar-refractivity contribution >= 4 is 13.8 Å². The minimum absolute atomic E-state index is 0. The Labute approximate surface area is 36.1 Å². The summed E-state index contributed by atoms with van der Waals surface area (Å²) >= 11 is 0. The molecule has 32 valence electrons. The van der Waals surface area contributed by atoms with Crippen LogP contribution in [0.1, 0.15) is 8.35 Å². The molecule has 0 bridgehead atoms. The Morgan fingerprint density at radius 1 is 2.00 bits per heavy atom. The van der Waals surface area contributed by atoms with Crippen molar-refractivity contribution in [2.45, 2.75) is 6.92 Å². The lowest BCUT2D eigenvalue weighted by atomic mass is 11.0. The third-order valence-corrected chi connectivity index (χ3v) is 1.62. The SMILES string of the molecule is C=[P+](C)CC.[HH]. The predicted molar refractivity (Wildman–Crippen MR) is 32.6 cm³/mol. The molecule has 0 saturated heterocycles. The first-order chi connectivity index (χ1) is 2.27. The zero-order valence-electron chi connectivity index (χ0n) is 3.86. The smallest absolute Gasteiger partial charge is 0.0243 e. The number of hydrogen-bond acceptors (Lipinski definition) is 0. The summed E-state index contributed by atoms with van der Waals surface area (Å²) in [5.41, 5.74) is 0. The molecular formula is C4H12P+. The van der Waals surface area contributed by atoms with Crippen molar-refractivity contribution in [3.05, 3.63) is 0 Å². The van der Waals surface area contributed by atoms with E-state index in [-0.39, 0.29) is 8.97 Å². The summed E-state index contributed by atoms with van der Waals surface area (Å²) in [6, 6.07) is 0. The van der Waals surface area contributed by atoms with Crippen LogP contribution in [0.15, 0.2) is 0 Å². The first kappa shape index (κ1) is 5.17. The fourth-order valence-electron chi connectivity index (χ4n) is 0. The van der Waals surface area contributed by atoms with E-state index in [1.54, 1.807) is 0 Å². The molecule has 0 nitrogen and oxygen atoms in total. The molecule has 0 N–H and O–H groups in total. The molecule has 0 aromatic rings. The van der Waals surface area contributed by atoms with Gasteiger partial charge < -0.3 is 0 Å². The lowest BCUT2D eigenvalue weighted by Crippen LogP contribution is -1.56. The molecule has 0 amide bonds. The van der Waals surface area contributed by atoms with Crippen LogP contribution in [0.25, 0.3) is 0 Å². The van der Waals surface area contributed by atoms with Crippen LogP contribution in [0.5, 0.6) is 0 Å². The van der Waals surface area contributed by atoms with Gasteiger partial charge in [-0.1, -0.05) is 0 Å². The van der Waals surface area contributed by atoms with Gasteiger partial charge in [0.15, 0.2) is 0 Å². The summed E-state index contributed by atoms with van der Waals surface area (Å²) in [5, 5.41) is 0. The molecule has 0 aromatic carbocycles. The molecule has 0 rings (SSSR count). The molecule has 0 aromatic heterocycles. The van der Waals surface area contributed by atoms with E-state index in [0.717, 1.165) is 0 Å². The van der Waals surface area contributed by atoms with Crippen LogP contribution in [0, 0.1) is 0 Å². The summed E-state index contributed by atoms with van der Waals surface area (Å²) in [4.78, 5) is 0. The number of hydrogen-bond donors (Lipinski definition) is 0. The minimum atomic E-state index is 0.